The van der Waals surface area contributed by atoms with Crippen molar-refractivity contribution in [3.63, 3.8) is 0 Å². The first-order valence-electron chi connectivity index (χ1n) is 5.99. The highest BCUT2D eigenvalue weighted by Crippen LogP contribution is 2.37. The lowest BCUT2D eigenvalue weighted by Crippen LogP contribution is -2.07. The fourth-order valence-electron chi connectivity index (χ4n) is 2.44. The molecule has 2 rings (SSSR count). The van der Waals surface area contributed by atoms with Crippen LogP contribution in [0.4, 0.5) is 0 Å². The second kappa shape index (κ2) is 4.22. The first-order chi connectivity index (χ1) is 7.22. The maximum atomic E-state index is 2.43. The molecule has 0 amide bonds. The van der Waals surface area contributed by atoms with Crippen molar-refractivity contribution in [3.05, 3.63) is 47.1 Å². The van der Waals surface area contributed by atoms with E-state index in [1.165, 1.54) is 18.4 Å². The molecule has 0 saturated carbocycles. The number of hydrogen-bond donors (Lipinski definition) is 0. The van der Waals surface area contributed by atoms with Gasteiger partial charge < -0.3 is 0 Å². The van der Waals surface area contributed by atoms with E-state index >= 15 is 0 Å². The Hall–Kier alpha value is -1.04. The molecule has 1 atom stereocenters. The van der Waals surface area contributed by atoms with Gasteiger partial charge in [0.1, 0.15) is 0 Å². The monoisotopic (exact) mass is 200 g/mol. The van der Waals surface area contributed by atoms with Gasteiger partial charge in [-0.2, -0.15) is 0 Å². The Labute approximate surface area is 93.1 Å². The van der Waals surface area contributed by atoms with Gasteiger partial charge in [-0.05, 0) is 29.9 Å². The zero-order valence-electron chi connectivity index (χ0n) is 9.96. The highest BCUT2D eigenvalue weighted by Gasteiger charge is 2.22. The third-order valence-corrected chi connectivity index (χ3v) is 3.41. The largest absolute Gasteiger partial charge is 0.0767 e. The molecule has 0 aromatic heterocycles. The van der Waals surface area contributed by atoms with Gasteiger partial charge in [-0.15, -0.1) is 0 Å². The van der Waals surface area contributed by atoms with Crippen LogP contribution in [0.3, 0.4) is 0 Å². The third kappa shape index (κ3) is 1.99. The molecule has 0 aliphatic heterocycles. The first kappa shape index (κ1) is 10.5. The summed E-state index contributed by atoms with van der Waals surface area (Å²) >= 11 is 0. The summed E-state index contributed by atoms with van der Waals surface area (Å²) in [5.41, 5.74) is 4.69. The minimum Gasteiger partial charge on any atom is -0.0767 e. The average molecular weight is 200 g/mol. The normalized spacial score (nSPS) is 24.5. The van der Waals surface area contributed by atoms with Crippen LogP contribution >= 0.6 is 0 Å². The van der Waals surface area contributed by atoms with Crippen LogP contribution in [0.15, 0.2) is 47.1 Å². The fraction of sp³-hybridized carbons (Fsp3) is 0.467. The van der Waals surface area contributed by atoms with Crippen molar-refractivity contribution >= 4 is 0 Å². The zero-order chi connectivity index (χ0) is 10.8. The molecule has 0 bridgehead atoms. The molecule has 0 heteroatoms. The van der Waals surface area contributed by atoms with Crippen LogP contribution < -0.4 is 0 Å². The first-order valence-corrected chi connectivity index (χ1v) is 5.99. The van der Waals surface area contributed by atoms with Crippen molar-refractivity contribution < 1.29 is 0 Å². The summed E-state index contributed by atoms with van der Waals surface area (Å²) in [5, 5.41) is 0. The van der Waals surface area contributed by atoms with Crippen LogP contribution in [0, 0.1) is 11.8 Å². The second-order valence-electron chi connectivity index (χ2n) is 4.83. The predicted octanol–water partition coefficient (Wildman–Crippen LogP) is 4.42. The molecule has 0 radical (unpaired) electrons. The molecule has 0 fully saturated rings. The highest BCUT2D eigenvalue weighted by atomic mass is 14.3. The third-order valence-electron chi connectivity index (χ3n) is 3.41. The van der Waals surface area contributed by atoms with E-state index in [0.717, 1.165) is 0 Å². The smallest absolute Gasteiger partial charge is 0.00469 e. The van der Waals surface area contributed by atoms with Gasteiger partial charge >= 0.3 is 0 Å². The van der Waals surface area contributed by atoms with E-state index in [0.29, 0.717) is 11.8 Å². The van der Waals surface area contributed by atoms with Crippen LogP contribution in [0.1, 0.15) is 33.6 Å². The molecule has 0 aromatic rings. The highest BCUT2D eigenvalue weighted by molar-refractivity contribution is 5.49. The van der Waals surface area contributed by atoms with Crippen molar-refractivity contribution in [2.75, 3.05) is 0 Å². The van der Waals surface area contributed by atoms with Crippen molar-refractivity contribution in [2.45, 2.75) is 33.6 Å². The summed E-state index contributed by atoms with van der Waals surface area (Å²) in [5.74, 6) is 1.30. The number of hydrogen-bond acceptors (Lipinski definition) is 0. The van der Waals surface area contributed by atoms with Crippen molar-refractivity contribution in [2.24, 2.45) is 11.8 Å². The lowest BCUT2D eigenvalue weighted by Gasteiger charge is -2.17. The molecule has 80 valence electrons. The lowest BCUT2D eigenvalue weighted by molar-refractivity contribution is 0.533. The van der Waals surface area contributed by atoms with Crippen molar-refractivity contribution in [1.29, 1.82) is 0 Å². The molecular weight excluding hydrogens is 180 g/mol. The molecule has 2 aliphatic carbocycles. The maximum absolute atomic E-state index is 2.43. The summed E-state index contributed by atoms with van der Waals surface area (Å²) in [7, 11) is 0. The quantitative estimate of drug-likeness (QED) is 0.619. The van der Waals surface area contributed by atoms with Gasteiger partial charge in [0.15, 0.2) is 0 Å². The Morgan fingerprint density at radius 1 is 1.33 bits per heavy atom. The predicted molar refractivity (Wildman–Crippen MR) is 66.6 cm³/mol. The van der Waals surface area contributed by atoms with E-state index in [4.69, 9.17) is 0 Å². The molecule has 0 spiro atoms. The number of rotatable bonds is 2. The Kier molecular flexibility index (Phi) is 2.95. The minimum absolute atomic E-state index is 0.610. The fourth-order valence-corrected chi connectivity index (χ4v) is 2.44. The summed E-state index contributed by atoms with van der Waals surface area (Å²) in [6.45, 7) is 6.87. The van der Waals surface area contributed by atoms with Crippen molar-refractivity contribution in [3.8, 4) is 0 Å². The van der Waals surface area contributed by atoms with Gasteiger partial charge in [-0.25, -0.2) is 0 Å². The number of allylic oxidation sites excluding steroid dienone is 8. The standard InChI is InChI=1S/C15H20/c1-4-12-9-13-7-5-6-8-14(11(2)3)15(13)10-12/h5-8,10-11,14H,4,9H2,1-3H3. The Morgan fingerprint density at radius 3 is 2.80 bits per heavy atom. The Bertz CT molecular complexity index is 361. The second-order valence-corrected chi connectivity index (χ2v) is 4.83. The van der Waals surface area contributed by atoms with Crippen molar-refractivity contribution in [1.82, 2.24) is 0 Å². The van der Waals surface area contributed by atoms with E-state index in [9.17, 15) is 0 Å². The molecule has 2 aliphatic rings. The average Bonchev–Trinajstić information content (AvgIpc) is 2.51. The van der Waals surface area contributed by atoms with E-state index in [1.54, 1.807) is 11.1 Å². The molecule has 1 unspecified atom stereocenters. The van der Waals surface area contributed by atoms with Gasteiger partial charge in [0.25, 0.3) is 0 Å². The molecule has 0 heterocycles. The van der Waals surface area contributed by atoms with E-state index in [-0.39, 0.29) is 0 Å². The van der Waals surface area contributed by atoms with Gasteiger partial charge in [-0.3, -0.25) is 0 Å². The zero-order valence-corrected chi connectivity index (χ0v) is 9.96. The van der Waals surface area contributed by atoms with E-state index in [2.05, 4.69) is 51.2 Å². The molecular formula is C15H20. The SMILES string of the molecule is CCC1=CC2=C(C=CC=CC2C(C)C)C1. The van der Waals surface area contributed by atoms with Crippen LogP contribution in [0.25, 0.3) is 0 Å². The summed E-state index contributed by atoms with van der Waals surface area (Å²) in [6.07, 6.45) is 13.8. The summed E-state index contributed by atoms with van der Waals surface area (Å²) < 4.78 is 0. The van der Waals surface area contributed by atoms with Gasteiger partial charge in [0, 0.05) is 5.92 Å². The van der Waals surface area contributed by atoms with Gasteiger partial charge in [-0.1, -0.05) is 56.7 Å². The molecule has 15 heavy (non-hydrogen) atoms. The van der Waals surface area contributed by atoms with Gasteiger partial charge in [0.2, 0.25) is 0 Å². The molecule has 0 nitrogen and oxygen atoms in total. The minimum atomic E-state index is 0.610. The van der Waals surface area contributed by atoms with Crippen LogP contribution in [-0.4, -0.2) is 0 Å². The summed E-state index contributed by atoms with van der Waals surface area (Å²) in [4.78, 5) is 0. The summed E-state index contributed by atoms with van der Waals surface area (Å²) in [6, 6.07) is 0. The topological polar surface area (TPSA) is 0 Å². The van der Waals surface area contributed by atoms with E-state index in [1.807, 2.05) is 0 Å². The maximum Gasteiger partial charge on any atom is 0.00469 e. The Balaban J connectivity index is 2.34. The van der Waals surface area contributed by atoms with E-state index < -0.39 is 0 Å². The van der Waals surface area contributed by atoms with Gasteiger partial charge in [0.05, 0.1) is 0 Å². The molecule has 0 saturated heterocycles. The molecule has 0 N–H and O–H groups in total. The molecule has 0 aromatic carbocycles. The lowest BCUT2D eigenvalue weighted by atomic mass is 9.87. The van der Waals surface area contributed by atoms with Crippen LogP contribution in [0.5, 0.6) is 0 Å². The van der Waals surface area contributed by atoms with Crippen LogP contribution in [-0.2, 0) is 0 Å². The van der Waals surface area contributed by atoms with Crippen LogP contribution in [0.2, 0.25) is 0 Å². The Morgan fingerprint density at radius 2 is 2.13 bits per heavy atom.